The van der Waals surface area contributed by atoms with Crippen LogP contribution in [0.3, 0.4) is 0 Å². The topological polar surface area (TPSA) is 97.5 Å². The maximum Gasteiger partial charge on any atom is 0.260 e. The maximum atomic E-state index is 12.4. The minimum absolute atomic E-state index is 0.00173. The van der Waals surface area contributed by atoms with Gasteiger partial charge in [0.05, 0.1) is 0 Å². The van der Waals surface area contributed by atoms with Crippen LogP contribution in [-0.4, -0.2) is 63.8 Å². The number of amides is 1. The van der Waals surface area contributed by atoms with E-state index >= 15 is 0 Å². The normalized spacial score (nSPS) is 14.2. The predicted molar refractivity (Wildman–Crippen MR) is 96.1 cm³/mol. The van der Waals surface area contributed by atoms with Gasteiger partial charge in [-0.3, -0.25) is 4.79 Å². The van der Waals surface area contributed by atoms with Gasteiger partial charge < -0.3 is 19.0 Å². The summed E-state index contributed by atoms with van der Waals surface area (Å²) in [6, 6.07) is 8.96. The largest absolute Gasteiger partial charge is 0.484 e. The van der Waals surface area contributed by atoms with Crippen LogP contribution in [0.5, 0.6) is 5.75 Å². The quantitative estimate of drug-likeness (QED) is 0.666. The SMILES string of the molecule is O=C(COc1ccc(-c2nnco2)cc1)N1CCN(c2ncccn2)CC1. The van der Waals surface area contributed by atoms with Crippen LogP contribution in [0.1, 0.15) is 0 Å². The van der Waals surface area contributed by atoms with Gasteiger partial charge in [-0.25, -0.2) is 9.97 Å². The zero-order valence-electron chi connectivity index (χ0n) is 14.6. The molecular formula is C18H18N6O3. The number of carbonyl (C=O) groups excluding carboxylic acids is 1. The van der Waals surface area contributed by atoms with Crippen LogP contribution < -0.4 is 9.64 Å². The second kappa shape index (κ2) is 7.81. The summed E-state index contributed by atoms with van der Waals surface area (Å²) in [7, 11) is 0. The lowest BCUT2D eigenvalue weighted by molar-refractivity contribution is -0.133. The minimum atomic E-state index is -0.0374. The van der Waals surface area contributed by atoms with E-state index in [-0.39, 0.29) is 12.5 Å². The number of nitrogens with zero attached hydrogens (tertiary/aromatic N) is 6. The molecule has 1 aliphatic rings. The van der Waals surface area contributed by atoms with Crippen molar-refractivity contribution in [3.8, 4) is 17.2 Å². The van der Waals surface area contributed by atoms with Gasteiger partial charge in [0.2, 0.25) is 18.2 Å². The first kappa shape index (κ1) is 17.0. The zero-order chi connectivity index (χ0) is 18.5. The van der Waals surface area contributed by atoms with E-state index in [4.69, 9.17) is 9.15 Å². The lowest BCUT2D eigenvalue weighted by atomic mass is 10.2. The molecule has 138 valence electrons. The average Bonchev–Trinajstić information content (AvgIpc) is 3.28. The van der Waals surface area contributed by atoms with Gasteiger partial charge >= 0.3 is 0 Å². The number of anilines is 1. The minimum Gasteiger partial charge on any atom is -0.484 e. The Balaban J connectivity index is 1.26. The van der Waals surface area contributed by atoms with E-state index in [1.807, 2.05) is 12.1 Å². The Morgan fingerprint density at radius 3 is 2.48 bits per heavy atom. The number of ether oxygens (including phenoxy) is 1. The Morgan fingerprint density at radius 1 is 1.07 bits per heavy atom. The van der Waals surface area contributed by atoms with Crippen LogP contribution in [0.25, 0.3) is 11.5 Å². The molecule has 4 rings (SSSR count). The fourth-order valence-corrected chi connectivity index (χ4v) is 2.84. The molecule has 0 N–H and O–H groups in total. The third-order valence-corrected chi connectivity index (χ3v) is 4.29. The van der Waals surface area contributed by atoms with E-state index in [0.29, 0.717) is 43.8 Å². The highest BCUT2D eigenvalue weighted by Gasteiger charge is 2.22. The summed E-state index contributed by atoms with van der Waals surface area (Å²) in [6.07, 6.45) is 4.72. The van der Waals surface area contributed by atoms with Crippen LogP contribution in [0.2, 0.25) is 0 Å². The van der Waals surface area contributed by atoms with Gasteiger partial charge in [-0.05, 0) is 30.3 Å². The van der Waals surface area contributed by atoms with Gasteiger partial charge in [0.25, 0.3) is 5.91 Å². The van der Waals surface area contributed by atoms with Gasteiger partial charge in [-0.1, -0.05) is 0 Å². The summed E-state index contributed by atoms with van der Waals surface area (Å²) in [5.41, 5.74) is 0.797. The molecule has 0 radical (unpaired) electrons. The number of rotatable bonds is 5. The maximum absolute atomic E-state index is 12.4. The second-order valence-electron chi connectivity index (χ2n) is 5.97. The third-order valence-electron chi connectivity index (χ3n) is 4.29. The Kier molecular flexibility index (Phi) is 4.91. The molecule has 0 aliphatic carbocycles. The Hall–Kier alpha value is -3.49. The summed E-state index contributed by atoms with van der Waals surface area (Å²) in [5, 5.41) is 7.50. The van der Waals surface area contributed by atoms with Gasteiger partial charge in [0.1, 0.15) is 5.75 Å². The van der Waals surface area contributed by atoms with E-state index in [2.05, 4.69) is 25.1 Å². The summed E-state index contributed by atoms with van der Waals surface area (Å²) in [5.74, 6) is 1.72. The summed E-state index contributed by atoms with van der Waals surface area (Å²) < 4.78 is 10.7. The molecule has 0 unspecified atom stereocenters. The van der Waals surface area contributed by atoms with E-state index in [0.717, 1.165) is 5.56 Å². The van der Waals surface area contributed by atoms with E-state index in [9.17, 15) is 4.79 Å². The van der Waals surface area contributed by atoms with Crippen molar-refractivity contribution in [2.24, 2.45) is 0 Å². The molecule has 1 amide bonds. The molecule has 0 atom stereocenters. The predicted octanol–water partition coefficient (Wildman–Crippen LogP) is 1.25. The Morgan fingerprint density at radius 2 is 1.81 bits per heavy atom. The van der Waals surface area contributed by atoms with Crippen LogP contribution in [0, 0.1) is 0 Å². The number of aromatic nitrogens is 4. The summed E-state index contributed by atoms with van der Waals surface area (Å²) >= 11 is 0. The smallest absolute Gasteiger partial charge is 0.260 e. The van der Waals surface area contributed by atoms with Crippen LogP contribution in [-0.2, 0) is 4.79 Å². The molecular weight excluding hydrogens is 348 g/mol. The monoisotopic (exact) mass is 366 g/mol. The summed E-state index contributed by atoms with van der Waals surface area (Å²) in [4.78, 5) is 24.7. The highest BCUT2D eigenvalue weighted by Crippen LogP contribution is 2.20. The zero-order valence-corrected chi connectivity index (χ0v) is 14.6. The van der Waals surface area contributed by atoms with Crippen molar-refractivity contribution in [1.29, 1.82) is 0 Å². The fraction of sp³-hybridized carbons (Fsp3) is 0.278. The van der Waals surface area contributed by atoms with Crippen molar-refractivity contribution in [2.45, 2.75) is 0 Å². The molecule has 1 aromatic carbocycles. The standard InChI is InChI=1S/C18H18N6O3/c25-16(23-8-10-24(11-9-23)18-19-6-1-7-20-18)12-26-15-4-2-14(3-5-15)17-22-21-13-27-17/h1-7,13H,8-12H2. The molecule has 0 bridgehead atoms. The number of hydrogen-bond acceptors (Lipinski definition) is 8. The van der Waals surface area contributed by atoms with Gasteiger partial charge in [-0.2, -0.15) is 0 Å². The summed E-state index contributed by atoms with van der Waals surface area (Å²) in [6.45, 7) is 2.65. The van der Waals surface area contributed by atoms with Crippen molar-refractivity contribution in [3.05, 3.63) is 49.1 Å². The highest BCUT2D eigenvalue weighted by molar-refractivity contribution is 5.78. The third kappa shape index (κ3) is 4.02. The van der Waals surface area contributed by atoms with Crippen molar-refractivity contribution < 1.29 is 13.9 Å². The number of hydrogen-bond donors (Lipinski definition) is 0. The van der Waals surface area contributed by atoms with Gasteiger partial charge in [-0.15, -0.1) is 10.2 Å². The molecule has 1 fully saturated rings. The first-order chi connectivity index (χ1) is 13.3. The van der Waals surface area contributed by atoms with E-state index in [1.165, 1.54) is 6.39 Å². The van der Waals surface area contributed by atoms with Crippen molar-refractivity contribution in [3.63, 3.8) is 0 Å². The second-order valence-corrected chi connectivity index (χ2v) is 5.97. The number of carbonyl (C=O) groups is 1. The average molecular weight is 366 g/mol. The van der Waals surface area contributed by atoms with Gasteiger partial charge in [0.15, 0.2) is 6.61 Å². The number of piperazine rings is 1. The van der Waals surface area contributed by atoms with Crippen molar-refractivity contribution in [2.75, 3.05) is 37.7 Å². The first-order valence-electron chi connectivity index (χ1n) is 8.59. The first-order valence-corrected chi connectivity index (χ1v) is 8.59. The van der Waals surface area contributed by atoms with Crippen LogP contribution in [0.15, 0.2) is 53.5 Å². The lowest BCUT2D eigenvalue weighted by Gasteiger charge is -2.34. The Bertz CT molecular complexity index is 862. The molecule has 9 heteroatoms. The van der Waals surface area contributed by atoms with Crippen LogP contribution >= 0.6 is 0 Å². The molecule has 3 heterocycles. The van der Waals surface area contributed by atoms with Crippen molar-refractivity contribution in [1.82, 2.24) is 25.1 Å². The van der Waals surface area contributed by atoms with E-state index < -0.39 is 0 Å². The van der Waals surface area contributed by atoms with Crippen molar-refractivity contribution >= 4 is 11.9 Å². The fourth-order valence-electron chi connectivity index (χ4n) is 2.84. The molecule has 1 aliphatic heterocycles. The van der Waals surface area contributed by atoms with Gasteiger partial charge in [0, 0.05) is 44.1 Å². The molecule has 0 spiro atoms. The number of benzene rings is 1. The van der Waals surface area contributed by atoms with Crippen LogP contribution in [0.4, 0.5) is 5.95 Å². The Labute approximate surface area is 155 Å². The molecule has 3 aromatic rings. The molecule has 9 nitrogen and oxygen atoms in total. The molecule has 1 saturated heterocycles. The highest BCUT2D eigenvalue weighted by atomic mass is 16.5. The molecule has 27 heavy (non-hydrogen) atoms. The molecule has 0 saturated carbocycles. The van der Waals surface area contributed by atoms with E-state index in [1.54, 1.807) is 35.5 Å². The lowest BCUT2D eigenvalue weighted by Crippen LogP contribution is -2.50. The molecule has 2 aromatic heterocycles.